The Hall–Kier alpha value is -3.29. The zero-order valence-corrected chi connectivity index (χ0v) is 15.5. The van der Waals surface area contributed by atoms with Crippen LogP contribution in [0.15, 0.2) is 78.2 Å². The molecule has 3 rings (SSSR count). The molecule has 0 radical (unpaired) electrons. The van der Waals surface area contributed by atoms with Crippen LogP contribution in [0.25, 0.3) is 0 Å². The van der Waals surface area contributed by atoms with Crippen molar-refractivity contribution in [3.8, 4) is 0 Å². The standard InChI is InChI=1S/C21H17NO5S/c23-18(22-19(24)17-12-7-13-28-17)14-27-20(25)21(26,15-8-3-1-4-9-15)16-10-5-2-6-11-16/h1-13,26H,14H2,(H,22,23,24). The van der Waals surface area contributed by atoms with Crippen LogP contribution < -0.4 is 5.32 Å². The summed E-state index contributed by atoms with van der Waals surface area (Å²) in [5.41, 5.74) is -1.47. The van der Waals surface area contributed by atoms with Crippen LogP contribution in [0.4, 0.5) is 0 Å². The second kappa shape index (κ2) is 8.60. The Morgan fingerprint density at radius 1 is 0.893 bits per heavy atom. The lowest BCUT2D eigenvalue weighted by Gasteiger charge is -2.26. The SMILES string of the molecule is O=C(COC(=O)C(O)(c1ccccc1)c1ccccc1)NC(=O)c1cccs1. The average Bonchev–Trinajstić information content (AvgIpc) is 3.28. The zero-order chi connectivity index (χ0) is 20.0. The highest BCUT2D eigenvalue weighted by atomic mass is 32.1. The molecule has 0 spiro atoms. The first-order valence-electron chi connectivity index (χ1n) is 8.40. The fourth-order valence-electron chi connectivity index (χ4n) is 2.63. The van der Waals surface area contributed by atoms with Crippen molar-refractivity contribution in [2.45, 2.75) is 5.60 Å². The van der Waals surface area contributed by atoms with Crippen LogP contribution in [0.3, 0.4) is 0 Å². The number of thiophene rings is 1. The van der Waals surface area contributed by atoms with E-state index in [0.717, 1.165) is 0 Å². The van der Waals surface area contributed by atoms with Gasteiger partial charge in [-0.1, -0.05) is 66.7 Å². The Labute approximate surface area is 165 Å². The average molecular weight is 395 g/mol. The van der Waals surface area contributed by atoms with Crippen LogP contribution in [0.5, 0.6) is 0 Å². The third kappa shape index (κ3) is 4.16. The topological polar surface area (TPSA) is 92.7 Å². The normalized spacial score (nSPS) is 10.9. The fraction of sp³-hybridized carbons (Fsp3) is 0.0952. The lowest BCUT2D eigenvalue weighted by Crippen LogP contribution is -2.41. The Bertz CT molecular complexity index is 915. The highest BCUT2D eigenvalue weighted by Crippen LogP contribution is 2.30. The van der Waals surface area contributed by atoms with Crippen LogP contribution in [-0.4, -0.2) is 29.5 Å². The summed E-state index contributed by atoms with van der Waals surface area (Å²) in [6.45, 7) is -0.697. The van der Waals surface area contributed by atoms with Gasteiger partial charge in [-0.2, -0.15) is 0 Å². The van der Waals surface area contributed by atoms with Gasteiger partial charge in [0, 0.05) is 0 Å². The van der Waals surface area contributed by atoms with Gasteiger partial charge in [0.25, 0.3) is 11.8 Å². The van der Waals surface area contributed by atoms with E-state index in [0.29, 0.717) is 16.0 Å². The first kappa shape index (κ1) is 19.5. The molecule has 0 bridgehead atoms. The summed E-state index contributed by atoms with van der Waals surface area (Å²) in [7, 11) is 0. The smallest absolute Gasteiger partial charge is 0.348 e. The number of aliphatic hydroxyl groups is 1. The van der Waals surface area contributed by atoms with Gasteiger partial charge in [0.05, 0.1) is 4.88 Å². The maximum Gasteiger partial charge on any atom is 0.348 e. The number of carbonyl (C=O) groups is 3. The summed E-state index contributed by atoms with van der Waals surface area (Å²) in [5, 5.41) is 15.0. The van der Waals surface area contributed by atoms with Crippen LogP contribution in [0.2, 0.25) is 0 Å². The summed E-state index contributed by atoms with van der Waals surface area (Å²) in [4.78, 5) is 37.0. The number of nitrogens with one attached hydrogen (secondary N) is 1. The van der Waals surface area contributed by atoms with Gasteiger partial charge in [0.15, 0.2) is 6.61 Å². The van der Waals surface area contributed by atoms with Crippen molar-refractivity contribution in [2.75, 3.05) is 6.61 Å². The van der Waals surface area contributed by atoms with Gasteiger partial charge in [-0.05, 0) is 22.6 Å². The molecule has 2 N–H and O–H groups in total. The Balaban J connectivity index is 1.74. The minimum atomic E-state index is -2.08. The lowest BCUT2D eigenvalue weighted by atomic mass is 9.86. The molecule has 0 saturated heterocycles. The van der Waals surface area contributed by atoms with Crippen molar-refractivity contribution in [3.63, 3.8) is 0 Å². The molecular formula is C21H17NO5S. The quantitative estimate of drug-likeness (QED) is 0.626. The molecule has 0 saturated carbocycles. The number of esters is 1. The first-order chi connectivity index (χ1) is 13.5. The van der Waals surface area contributed by atoms with E-state index < -0.39 is 30.0 Å². The Morgan fingerprint density at radius 3 is 1.96 bits per heavy atom. The molecule has 0 aliphatic carbocycles. The summed E-state index contributed by atoms with van der Waals surface area (Å²) >= 11 is 1.18. The number of rotatable bonds is 6. The molecule has 1 aromatic heterocycles. The number of imide groups is 1. The van der Waals surface area contributed by atoms with Crippen molar-refractivity contribution in [2.24, 2.45) is 0 Å². The fourth-order valence-corrected chi connectivity index (χ4v) is 3.25. The van der Waals surface area contributed by atoms with Gasteiger partial charge < -0.3 is 9.84 Å². The highest BCUT2D eigenvalue weighted by molar-refractivity contribution is 7.12. The van der Waals surface area contributed by atoms with E-state index in [-0.39, 0.29) is 0 Å². The third-order valence-electron chi connectivity index (χ3n) is 4.01. The van der Waals surface area contributed by atoms with E-state index in [1.54, 1.807) is 78.2 Å². The largest absolute Gasteiger partial charge is 0.453 e. The Kier molecular flexibility index (Phi) is 5.98. The van der Waals surface area contributed by atoms with Crippen molar-refractivity contribution < 1.29 is 24.2 Å². The molecule has 1 heterocycles. The molecule has 2 amide bonds. The minimum absolute atomic E-state index is 0.307. The molecule has 6 nitrogen and oxygen atoms in total. The van der Waals surface area contributed by atoms with Crippen LogP contribution >= 0.6 is 11.3 Å². The molecule has 7 heteroatoms. The number of hydrogen-bond acceptors (Lipinski definition) is 6. The van der Waals surface area contributed by atoms with E-state index in [1.807, 2.05) is 0 Å². The van der Waals surface area contributed by atoms with Crippen LogP contribution in [-0.2, 0) is 19.9 Å². The van der Waals surface area contributed by atoms with Gasteiger partial charge in [-0.15, -0.1) is 11.3 Å². The van der Waals surface area contributed by atoms with Crippen molar-refractivity contribution in [1.82, 2.24) is 5.32 Å². The molecule has 28 heavy (non-hydrogen) atoms. The summed E-state index contributed by atoms with van der Waals surface area (Å²) in [6.07, 6.45) is 0. The van der Waals surface area contributed by atoms with E-state index >= 15 is 0 Å². The molecule has 0 atom stereocenters. The predicted molar refractivity (Wildman–Crippen MR) is 104 cm³/mol. The van der Waals surface area contributed by atoms with Crippen molar-refractivity contribution >= 4 is 29.1 Å². The van der Waals surface area contributed by atoms with Gasteiger partial charge >= 0.3 is 5.97 Å². The maximum absolute atomic E-state index is 12.7. The van der Waals surface area contributed by atoms with Crippen LogP contribution in [0.1, 0.15) is 20.8 Å². The van der Waals surface area contributed by atoms with Crippen molar-refractivity contribution in [3.05, 3.63) is 94.2 Å². The summed E-state index contributed by atoms with van der Waals surface area (Å²) in [5.74, 6) is -2.36. The van der Waals surface area contributed by atoms with E-state index in [2.05, 4.69) is 5.32 Å². The second-order valence-electron chi connectivity index (χ2n) is 5.87. The highest BCUT2D eigenvalue weighted by Gasteiger charge is 2.41. The molecule has 0 fully saturated rings. The van der Waals surface area contributed by atoms with E-state index in [1.165, 1.54) is 11.3 Å². The molecular weight excluding hydrogens is 378 g/mol. The molecule has 0 aliphatic rings. The van der Waals surface area contributed by atoms with Gasteiger partial charge in [-0.25, -0.2) is 4.79 Å². The maximum atomic E-state index is 12.7. The molecule has 0 unspecified atom stereocenters. The van der Waals surface area contributed by atoms with E-state index in [4.69, 9.17) is 4.74 Å². The predicted octanol–water partition coefficient (Wildman–Crippen LogP) is 2.48. The Morgan fingerprint density at radius 2 is 1.46 bits per heavy atom. The second-order valence-corrected chi connectivity index (χ2v) is 6.82. The summed E-state index contributed by atoms with van der Waals surface area (Å²) < 4.78 is 5.05. The number of benzene rings is 2. The van der Waals surface area contributed by atoms with Gasteiger partial charge in [-0.3, -0.25) is 14.9 Å². The number of ether oxygens (including phenoxy) is 1. The number of amides is 2. The zero-order valence-electron chi connectivity index (χ0n) is 14.7. The minimum Gasteiger partial charge on any atom is -0.453 e. The molecule has 2 aromatic carbocycles. The van der Waals surface area contributed by atoms with Crippen molar-refractivity contribution in [1.29, 1.82) is 0 Å². The lowest BCUT2D eigenvalue weighted by molar-refractivity contribution is -0.164. The molecule has 142 valence electrons. The summed E-state index contributed by atoms with van der Waals surface area (Å²) in [6, 6.07) is 19.9. The monoisotopic (exact) mass is 395 g/mol. The van der Waals surface area contributed by atoms with E-state index in [9.17, 15) is 19.5 Å². The third-order valence-corrected chi connectivity index (χ3v) is 4.88. The van der Waals surface area contributed by atoms with Gasteiger partial charge in [0.1, 0.15) is 0 Å². The van der Waals surface area contributed by atoms with Gasteiger partial charge in [0.2, 0.25) is 5.60 Å². The number of hydrogen-bond donors (Lipinski definition) is 2. The molecule has 3 aromatic rings. The number of carbonyl (C=O) groups excluding carboxylic acids is 3. The first-order valence-corrected chi connectivity index (χ1v) is 9.28. The van der Waals surface area contributed by atoms with Crippen LogP contribution in [0, 0.1) is 0 Å². The molecule has 0 aliphatic heterocycles.